The molecular formula is C25H30Cl2N2O5S. The Balaban J connectivity index is 1.64. The van der Waals surface area contributed by atoms with Crippen LogP contribution in [0.2, 0.25) is 10.0 Å². The lowest BCUT2D eigenvalue weighted by atomic mass is 9.73. The molecule has 1 fully saturated rings. The van der Waals surface area contributed by atoms with E-state index in [1.807, 2.05) is 6.92 Å². The first-order valence-corrected chi connectivity index (χ1v) is 14.4. The van der Waals surface area contributed by atoms with Crippen LogP contribution in [0.4, 0.5) is 5.69 Å². The lowest BCUT2D eigenvalue weighted by Crippen LogP contribution is -2.50. The van der Waals surface area contributed by atoms with Crippen LogP contribution >= 0.6 is 23.2 Å². The SMILES string of the molecule is CCCOc1c(NS(C)(=O)=O)cccc1C(C)C(=O)NC1CC2(CCC2)Oc2c(Cl)cc(Cl)cc21. The van der Waals surface area contributed by atoms with E-state index in [1.54, 1.807) is 37.3 Å². The normalized spacial score (nSPS) is 19.2. The van der Waals surface area contributed by atoms with Crippen LogP contribution in [-0.4, -0.2) is 32.8 Å². The molecule has 10 heteroatoms. The zero-order chi connectivity index (χ0) is 25.4. The van der Waals surface area contributed by atoms with Gasteiger partial charge in [-0.3, -0.25) is 9.52 Å². The number of carbonyl (C=O) groups is 1. The van der Waals surface area contributed by atoms with Crippen molar-refractivity contribution in [3.63, 3.8) is 0 Å². The summed E-state index contributed by atoms with van der Waals surface area (Å²) in [4.78, 5) is 13.5. The van der Waals surface area contributed by atoms with E-state index in [0.717, 1.165) is 37.5 Å². The van der Waals surface area contributed by atoms with E-state index in [0.29, 0.717) is 45.8 Å². The van der Waals surface area contributed by atoms with Gasteiger partial charge in [-0.25, -0.2) is 8.42 Å². The minimum Gasteiger partial charge on any atom is -0.491 e. The molecule has 190 valence electrons. The second-order valence-corrected chi connectivity index (χ2v) is 12.0. The summed E-state index contributed by atoms with van der Waals surface area (Å²) >= 11 is 12.7. The largest absolute Gasteiger partial charge is 0.491 e. The summed E-state index contributed by atoms with van der Waals surface area (Å²) in [6, 6.07) is 8.23. The molecule has 2 N–H and O–H groups in total. The van der Waals surface area contributed by atoms with E-state index in [1.165, 1.54) is 0 Å². The van der Waals surface area contributed by atoms with Crippen LogP contribution in [0.1, 0.15) is 69.0 Å². The monoisotopic (exact) mass is 540 g/mol. The van der Waals surface area contributed by atoms with Gasteiger partial charge in [-0.05, 0) is 50.8 Å². The van der Waals surface area contributed by atoms with Gasteiger partial charge < -0.3 is 14.8 Å². The molecular weight excluding hydrogens is 511 g/mol. The van der Waals surface area contributed by atoms with E-state index in [2.05, 4.69) is 10.0 Å². The quantitative estimate of drug-likeness (QED) is 0.439. The first-order chi connectivity index (χ1) is 16.5. The smallest absolute Gasteiger partial charge is 0.229 e. The minimum atomic E-state index is -3.53. The van der Waals surface area contributed by atoms with Crippen LogP contribution in [0, 0.1) is 0 Å². The molecule has 1 amide bonds. The zero-order valence-corrected chi connectivity index (χ0v) is 22.3. The van der Waals surface area contributed by atoms with Gasteiger partial charge in [0.25, 0.3) is 0 Å². The molecule has 4 rings (SSSR count). The van der Waals surface area contributed by atoms with Crippen LogP contribution in [0.15, 0.2) is 30.3 Å². The molecule has 7 nitrogen and oxygen atoms in total. The molecule has 2 unspecified atom stereocenters. The minimum absolute atomic E-state index is 0.216. The van der Waals surface area contributed by atoms with Crippen molar-refractivity contribution in [1.82, 2.24) is 5.32 Å². The molecule has 0 radical (unpaired) electrons. The molecule has 0 bridgehead atoms. The number of rotatable bonds is 8. The number of hydrogen-bond acceptors (Lipinski definition) is 5. The number of benzene rings is 2. The third-order valence-corrected chi connectivity index (χ3v) is 7.63. The van der Waals surface area contributed by atoms with Crippen LogP contribution in [0.5, 0.6) is 11.5 Å². The number of sulfonamides is 1. The summed E-state index contributed by atoms with van der Waals surface area (Å²) in [7, 11) is -3.53. The molecule has 2 atom stereocenters. The number of fused-ring (bicyclic) bond motifs is 1. The van der Waals surface area contributed by atoms with Gasteiger partial charge in [-0.1, -0.05) is 42.3 Å². The van der Waals surface area contributed by atoms with E-state index in [4.69, 9.17) is 32.7 Å². The highest BCUT2D eigenvalue weighted by molar-refractivity contribution is 7.92. The summed E-state index contributed by atoms with van der Waals surface area (Å²) in [5, 5.41) is 4.08. The van der Waals surface area contributed by atoms with Gasteiger partial charge in [0.2, 0.25) is 15.9 Å². The number of halogens is 2. The van der Waals surface area contributed by atoms with Crippen molar-refractivity contribution in [3.05, 3.63) is 51.5 Å². The molecule has 1 aliphatic heterocycles. The highest BCUT2D eigenvalue weighted by atomic mass is 35.5. The first kappa shape index (κ1) is 25.9. The van der Waals surface area contributed by atoms with E-state index in [-0.39, 0.29) is 17.6 Å². The summed E-state index contributed by atoms with van der Waals surface area (Å²) < 4.78 is 38.5. The average Bonchev–Trinajstić information content (AvgIpc) is 2.75. The Bertz CT molecular complexity index is 1230. The van der Waals surface area contributed by atoms with Gasteiger partial charge >= 0.3 is 0 Å². The molecule has 1 saturated carbocycles. The van der Waals surface area contributed by atoms with Gasteiger partial charge in [-0.2, -0.15) is 0 Å². The highest BCUT2D eigenvalue weighted by Crippen LogP contribution is 2.51. The Morgan fingerprint density at radius 3 is 2.66 bits per heavy atom. The van der Waals surface area contributed by atoms with Crippen LogP contribution < -0.4 is 19.5 Å². The third kappa shape index (κ3) is 5.65. The van der Waals surface area contributed by atoms with Crippen molar-refractivity contribution >= 4 is 44.8 Å². The lowest BCUT2D eigenvalue weighted by Gasteiger charge is -2.48. The van der Waals surface area contributed by atoms with Crippen LogP contribution in [0.25, 0.3) is 0 Å². The maximum absolute atomic E-state index is 13.5. The molecule has 1 spiro atoms. The van der Waals surface area contributed by atoms with Crippen molar-refractivity contribution in [2.45, 2.75) is 63.5 Å². The molecule has 2 aliphatic rings. The van der Waals surface area contributed by atoms with Gasteiger partial charge in [0.05, 0.1) is 35.5 Å². The molecule has 1 aliphatic carbocycles. The number of carbonyl (C=O) groups excluding carboxylic acids is 1. The van der Waals surface area contributed by atoms with Crippen molar-refractivity contribution in [1.29, 1.82) is 0 Å². The maximum atomic E-state index is 13.5. The second-order valence-electron chi connectivity index (χ2n) is 9.38. The average molecular weight is 541 g/mol. The highest BCUT2D eigenvalue weighted by Gasteiger charge is 2.47. The topological polar surface area (TPSA) is 93.7 Å². The second kappa shape index (κ2) is 10.1. The number of ether oxygens (including phenoxy) is 2. The van der Waals surface area contributed by atoms with Gasteiger partial charge in [0, 0.05) is 22.6 Å². The number of amides is 1. The summed E-state index contributed by atoms with van der Waals surface area (Å²) in [5.41, 5.74) is 1.33. The molecule has 2 aromatic carbocycles. The van der Waals surface area contributed by atoms with Crippen molar-refractivity contribution in [3.8, 4) is 11.5 Å². The molecule has 2 aromatic rings. The first-order valence-electron chi connectivity index (χ1n) is 11.7. The molecule has 0 saturated heterocycles. The number of para-hydroxylation sites is 1. The number of nitrogens with one attached hydrogen (secondary N) is 2. The lowest BCUT2D eigenvalue weighted by molar-refractivity contribution is -0.124. The fraction of sp³-hybridized carbons (Fsp3) is 0.480. The summed E-state index contributed by atoms with van der Waals surface area (Å²) in [6.07, 6.45) is 5.31. The maximum Gasteiger partial charge on any atom is 0.229 e. The fourth-order valence-electron chi connectivity index (χ4n) is 4.67. The number of anilines is 1. The summed E-state index contributed by atoms with van der Waals surface area (Å²) in [5.74, 6) is 0.107. The molecule has 35 heavy (non-hydrogen) atoms. The Labute approximate surface area is 216 Å². The Hall–Kier alpha value is -2.16. The fourth-order valence-corrected chi connectivity index (χ4v) is 5.78. The predicted octanol–water partition coefficient (Wildman–Crippen LogP) is 5.82. The van der Waals surface area contributed by atoms with E-state index >= 15 is 0 Å². The van der Waals surface area contributed by atoms with Crippen molar-refractivity contribution in [2.75, 3.05) is 17.6 Å². The zero-order valence-electron chi connectivity index (χ0n) is 20.0. The number of hydrogen-bond donors (Lipinski definition) is 2. The standard InChI is InChI=1S/C25H30Cl2N2O5S/c1-4-11-33-23-17(7-5-8-20(23)29-35(3,31)32)15(2)24(30)28-21-14-25(9-6-10-25)34-22-18(21)12-16(26)13-19(22)27/h5,7-8,12-13,15,21,29H,4,6,9-11,14H2,1-3H3,(H,28,30). The van der Waals surface area contributed by atoms with Gasteiger partial charge in [0.15, 0.2) is 0 Å². The van der Waals surface area contributed by atoms with Gasteiger partial charge in [-0.15, -0.1) is 0 Å². The van der Waals surface area contributed by atoms with Crippen LogP contribution in [0.3, 0.4) is 0 Å². The van der Waals surface area contributed by atoms with E-state index < -0.39 is 15.9 Å². The van der Waals surface area contributed by atoms with Gasteiger partial charge in [0.1, 0.15) is 17.1 Å². The Kier molecular flexibility index (Phi) is 7.46. The molecule has 0 aromatic heterocycles. The van der Waals surface area contributed by atoms with Crippen molar-refractivity contribution in [2.24, 2.45) is 0 Å². The molecule has 1 heterocycles. The van der Waals surface area contributed by atoms with E-state index in [9.17, 15) is 13.2 Å². The predicted molar refractivity (Wildman–Crippen MR) is 138 cm³/mol. The Morgan fingerprint density at radius 2 is 2.03 bits per heavy atom. The Morgan fingerprint density at radius 1 is 1.29 bits per heavy atom. The van der Waals surface area contributed by atoms with Crippen LogP contribution in [-0.2, 0) is 14.8 Å². The summed E-state index contributed by atoms with van der Waals surface area (Å²) in [6.45, 7) is 4.12. The van der Waals surface area contributed by atoms with Crippen molar-refractivity contribution < 1.29 is 22.7 Å². The third-order valence-electron chi connectivity index (χ3n) is 6.54.